The third kappa shape index (κ3) is 6.35. The van der Waals surface area contributed by atoms with Crippen molar-refractivity contribution in [2.45, 2.75) is 50.6 Å². The lowest BCUT2D eigenvalue weighted by atomic mass is 9.98. The van der Waals surface area contributed by atoms with E-state index in [-0.39, 0.29) is 25.6 Å². The molecule has 0 radical (unpaired) electrons. The van der Waals surface area contributed by atoms with Gasteiger partial charge in [-0.05, 0) is 28.7 Å². The average molecular weight is 469 g/mol. The number of hydrogen-bond acceptors (Lipinski definition) is 5. The second kappa shape index (κ2) is 12.2. The van der Waals surface area contributed by atoms with E-state index in [1.165, 1.54) is 7.11 Å². The fourth-order valence-electron chi connectivity index (χ4n) is 4.30. The molecule has 8 heteroatoms. The van der Waals surface area contributed by atoms with Crippen LogP contribution in [-0.2, 0) is 19.1 Å². The van der Waals surface area contributed by atoms with E-state index >= 15 is 0 Å². The van der Waals surface area contributed by atoms with Crippen molar-refractivity contribution < 1.29 is 29.0 Å². The Balaban J connectivity index is 1.60. The lowest BCUT2D eigenvalue weighted by Crippen LogP contribution is -2.46. The summed E-state index contributed by atoms with van der Waals surface area (Å²) in [6.07, 6.45) is 1.64. The summed E-state index contributed by atoms with van der Waals surface area (Å²) < 4.78 is 10.4. The second-order valence-corrected chi connectivity index (χ2v) is 8.43. The minimum absolute atomic E-state index is 0.0440. The minimum atomic E-state index is -1.18. The van der Waals surface area contributed by atoms with Gasteiger partial charge in [-0.25, -0.2) is 9.59 Å². The topological polar surface area (TPSA) is 114 Å². The summed E-state index contributed by atoms with van der Waals surface area (Å²) >= 11 is 0. The summed E-state index contributed by atoms with van der Waals surface area (Å²) in [5.74, 6) is -1.70. The van der Waals surface area contributed by atoms with Gasteiger partial charge in [0.05, 0.1) is 6.61 Å². The Kier molecular flexibility index (Phi) is 9.04. The van der Waals surface area contributed by atoms with Crippen molar-refractivity contribution in [3.8, 4) is 11.1 Å². The number of hydrogen-bond donors (Lipinski definition) is 3. The van der Waals surface area contributed by atoms with Crippen LogP contribution in [0.2, 0.25) is 0 Å². The first-order chi connectivity index (χ1) is 16.4. The Labute approximate surface area is 199 Å². The summed E-state index contributed by atoms with van der Waals surface area (Å²) in [5.41, 5.74) is 4.54. The van der Waals surface area contributed by atoms with Gasteiger partial charge in [0.15, 0.2) is 6.04 Å². The Morgan fingerprint density at radius 2 is 1.62 bits per heavy atom. The number of carbonyl (C=O) groups is 3. The number of carboxylic acids is 1. The van der Waals surface area contributed by atoms with Crippen LogP contribution in [0.3, 0.4) is 0 Å². The quantitative estimate of drug-likeness (QED) is 0.438. The molecule has 0 bridgehead atoms. The molecule has 0 aliphatic heterocycles. The van der Waals surface area contributed by atoms with E-state index in [0.29, 0.717) is 6.42 Å². The predicted octanol–water partition coefficient (Wildman–Crippen LogP) is 3.69. The summed E-state index contributed by atoms with van der Waals surface area (Å²) in [5, 5.41) is 14.4. The third-order valence-corrected chi connectivity index (χ3v) is 5.97. The van der Waals surface area contributed by atoms with Gasteiger partial charge >= 0.3 is 12.1 Å². The zero-order valence-electron chi connectivity index (χ0n) is 19.6. The Morgan fingerprint density at radius 1 is 1.00 bits per heavy atom. The van der Waals surface area contributed by atoms with E-state index in [0.717, 1.165) is 35.1 Å². The Hall–Kier alpha value is -3.39. The monoisotopic (exact) mass is 468 g/mol. The predicted molar refractivity (Wildman–Crippen MR) is 128 cm³/mol. The number of methoxy groups -OCH3 is 1. The maximum Gasteiger partial charge on any atom is 0.407 e. The van der Waals surface area contributed by atoms with E-state index in [1.54, 1.807) is 0 Å². The molecule has 0 spiro atoms. The van der Waals surface area contributed by atoms with Crippen LogP contribution in [0.15, 0.2) is 48.5 Å². The van der Waals surface area contributed by atoms with Gasteiger partial charge in [0.25, 0.3) is 0 Å². The summed E-state index contributed by atoms with van der Waals surface area (Å²) in [6.45, 7) is 2.06. The molecule has 0 heterocycles. The van der Waals surface area contributed by atoms with Crippen LogP contribution in [0.4, 0.5) is 4.79 Å². The highest BCUT2D eigenvalue weighted by Crippen LogP contribution is 2.44. The third-order valence-electron chi connectivity index (χ3n) is 5.97. The molecule has 0 aromatic heterocycles. The maximum atomic E-state index is 12.6. The molecule has 2 aromatic carbocycles. The van der Waals surface area contributed by atoms with Crippen molar-refractivity contribution in [1.82, 2.24) is 10.6 Å². The van der Waals surface area contributed by atoms with Gasteiger partial charge in [-0.1, -0.05) is 68.3 Å². The van der Waals surface area contributed by atoms with Gasteiger partial charge in [0, 0.05) is 25.5 Å². The molecule has 0 saturated carbocycles. The average Bonchev–Trinajstić information content (AvgIpc) is 3.14. The molecule has 8 nitrogen and oxygen atoms in total. The van der Waals surface area contributed by atoms with Gasteiger partial charge < -0.3 is 25.2 Å². The molecule has 1 aliphatic rings. The number of nitrogens with one attached hydrogen (secondary N) is 2. The van der Waals surface area contributed by atoms with Crippen LogP contribution in [0.25, 0.3) is 11.1 Å². The molecule has 34 heavy (non-hydrogen) atoms. The standard InChI is InChI=1S/C26H32N2O6/c1-3-4-9-17(14-24(29)28-23(16-33-2)25(30)31)27-26(32)34-15-22-20-12-7-5-10-18(20)19-11-6-8-13-21(19)22/h5-8,10-13,17,22-23H,3-4,9,14-16H2,1-2H3,(H,27,32)(H,28,29)(H,30,31)/t17?,23-/m0/s1. The van der Waals surface area contributed by atoms with Crippen molar-refractivity contribution in [2.75, 3.05) is 20.3 Å². The molecule has 1 aliphatic carbocycles. The molecule has 0 fully saturated rings. The van der Waals surface area contributed by atoms with Gasteiger partial charge in [-0.2, -0.15) is 0 Å². The fourth-order valence-corrected chi connectivity index (χ4v) is 4.30. The highest BCUT2D eigenvalue weighted by Gasteiger charge is 2.29. The second-order valence-electron chi connectivity index (χ2n) is 8.43. The fraction of sp³-hybridized carbons (Fsp3) is 0.423. The number of fused-ring (bicyclic) bond motifs is 3. The van der Waals surface area contributed by atoms with Gasteiger partial charge in [0.2, 0.25) is 5.91 Å². The lowest BCUT2D eigenvalue weighted by Gasteiger charge is -2.21. The van der Waals surface area contributed by atoms with Crippen molar-refractivity contribution >= 4 is 18.0 Å². The van der Waals surface area contributed by atoms with Gasteiger partial charge in [-0.15, -0.1) is 0 Å². The molecule has 1 unspecified atom stereocenters. The van der Waals surface area contributed by atoms with Crippen LogP contribution in [-0.4, -0.2) is 55.5 Å². The highest BCUT2D eigenvalue weighted by atomic mass is 16.5. The van der Waals surface area contributed by atoms with E-state index < -0.39 is 30.1 Å². The Bertz CT molecular complexity index is 963. The summed E-state index contributed by atoms with van der Waals surface area (Å²) in [4.78, 5) is 36.3. The zero-order valence-corrected chi connectivity index (χ0v) is 19.6. The smallest absolute Gasteiger partial charge is 0.407 e. The molecule has 182 valence electrons. The van der Waals surface area contributed by atoms with Crippen molar-refractivity contribution in [3.05, 3.63) is 59.7 Å². The largest absolute Gasteiger partial charge is 0.480 e. The van der Waals surface area contributed by atoms with E-state index in [9.17, 15) is 19.5 Å². The first-order valence-electron chi connectivity index (χ1n) is 11.6. The number of alkyl carbamates (subject to hydrolysis) is 1. The van der Waals surface area contributed by atoms with Crippen LogP contribution in [0.5, 0.6) is 0 Å². The van der Waals surface area contributed by atoms with Crippen molar-refractivity contribution in [3.63, 3.8) is 0 Å². The van der Waals surface area contributed by atoms with Crippen LogP contribution < -0.4 is 10.6 Å². The van der Waals surface area contributed by atoms with Gasteiger partial charge in [-0.3, -0.25) is 4.79 Å². The van der Waals surface area contributed by atoms with Crippen LogP contribution in [0.1, 0.15) is 49.7 Å². The molecule has 3 N–H and O–H groups in total. The minimum Gasteiger partial charge on any atom is -0.480 e. The zero-order chi connectivity index (χ0) is 24.5. The van der Waals surface area contributed by atoms with Gasteiger partial charge in [0.1, 0.15) is 6.61 Å². The number of aliphatic carboxylic acids is 1. The number of rotatable bonds is 12. The van der Waals surface area contributed by atoms with E-state index in [2.05, 4.69) is 34.9 Å². The normalized spacial score (nSPS) is 13.9. The SMILES string of the molecule is CCCCC(CC(=O)N[C@@H](COC)C(=O)O)NC(=O)OCC1c2ccccc2-c2ccccc21. The molecule has 3 rings (SSSR count). The van der Waals surface area contributed by atoms with E-state index in [4.69, 9.17) is 9.47 Å². The molecular weight excluding hydrogens is 436 g/mol. The highest BCUT2D eigenvalue weighted by molar-refractivity contribution is 5.84. The van der Waals surface area contributed by atoms with Crippen molar-refractivity contribution in [1.29, 1.82) is 0 Å². The number of benzene rings is 2. The molecular formula is C26H32N2O6. The number of amides is 2. The molecule has 2 atom stereocenters. The lowest BCUT2D eigenvalue weighted by molar-refractivity contribution is -0.143. The number of carboxylic acid groups (broad SMARTS) is 1. The maximum absolute atomic E-state index is 12.6. The number of carbonyl (C=O) groups excluding carboxylic acids is 2. The van der Waals surface area contributed by atoms with Crippen LogP contribution >= 0.6 is 0 Å². The Morgan fingerprint density at radius 3 is 2.18 bits per heavy atom. The van der Waals surface area contributed by atoms with Crippen LogP contribution in [0, 0.1) is 0 Å². The molecule has 0 saturated heterocycles. The summed E-state index contributed by atoms with van der Waals surface area (Å²) in [6, 6.07) is 14.6. The van der Waals surface area contributed by atoms with Crippen molar-refractivity contribution in [2.24, 2.45) is 0 Å². The summed E-state index contributed by atoms with van der Waals surface area (Å²) in [7, 11) is 1.37. The molecule has 2 aromatic rings. The number of ether oxygens (including phenoxy) is 2. The first-order valence-corrected chi connectivity index (χ1v) is 11.6. The number of unbranched alkanes of at least 4 members (excludes halogenated alkanes) is 1. The van der Waals surface area contributed by atoms with E-state index in [1.807, 2.05) is 31.2 Å². The molecule has 2 amide bonds. The first kappa shape index (κ1) is 25.2.